The van der Waals surface area contributed by atoms with E-state index >= 15 is 0 Å². The first-order chi connectivity index (χ1) is 11.7. The highest BCUT2D eigenvalue weighted by Crippen LogP contribution is 2.35. The van der Waals surface area contributed by atoms with E-state index in [1.807, 2.05) is 0 Å². The van der Waals surface area contributed by atoms with Gasteiger partial charge >= 0.3 is 5.97 Å². The van der Waals surface area contributed by atoms with Crippen LogP contribution in [0.3, 0.4) is 0 Å². The number of nitrogens with zero attached hydrogens (tertiary/aromatic N) is 1. The van der Waals surface area contributed by atoms with Crippen LogP contribution in [-0.2, 0) is 14.3 Å². The zero-order valence-electron chi connectivity index (χ0n) is 13.7. The molecule has 1 amide bonds. The van der Waals surface area contributed by atoms with Crippen LogP contribution in [-0.4, -0.2) is 49.9 Å². The molecule has 0 spiro atoms. The highest BCUT2D eigenvalue weighted by molar-refractivity contribution is 5.79. The number of amides is 1. The molecule has 24 heavy (non-hydrogen) atoms. The largest absolute Gasteiger partial charge is 0.484 e. The van der Waals surface area contributed by atoms with Crippen molar-refractivity contribution in [2.24, 2.45) is 5.92 Å². The van der Waals surface area contributed by atoms with Crippen LogP contribution in [0.5, 0.6) is 17.2 Å². The van der Waals surface area contributed by atoms with Crippen molar-refractivity contribution in [2.45, 2.75) is 19.8 Å². The second-order valence-corrected chi connectivity index (χ2v) is 5.73. The third-order valence-electron chi connectivity index (χ3n) is 4.10. The Kier molecular flexibility index (Phi) is 5.08. The lowest BCUT2D eigenvalue weighted by molar-refractivity contribution is -0.151. The van der Waals surface area contributed by atoms with Crippen LogP contribution in [0.2, 0.25) is 0 Å². The Hall–Kier alpha value is -2.44. The summed E-state index contributed by atoms with van der Waals surface area (Å²) in [5.41, 5.74) is 0. The van der Waals surface area contributed by atoms with E-state index in [1.54, 1.807) is 30.0 Å². The molecule has 2 heterocycles. The number of fused-ring (bicyclic) bond motifs is 1. The normalized spacial score (nSPS) is 19.0. The Balaban J connectivity index is 1.52. The third-order valence-corrected chi connectivity index (χ3v) is 4.10. The van der Waals surface area contributed by atoms with Crippen molar-refractivity contribution in [3.8, 4) is 17.2 Å². The van der Waals surface area contributed by atoms with Gasteiger partial charge in [-0.15, -0.1) is 0 Å². The highest BCUT2D eigenvalue weighted by atomic mass is 16.7. The van der Waals surface area contributed by atoms with Crippen molar-refractivity contribution >= 4 is 11.9 Å². The van der Waals surface area contributed by atoms with Crippen molar-refractivity contribution in [2.75, 3.05) is 33.1 Å². The Bertz CT molecular complexity index is 617. The van der Waals surface area contributed by atoms with Crippen molar-refractivity contribution < 1.29 is 28.5 Å². The second kappa shape index (κ2) is 7.42. The molecule has 0 aromatic heterocycles. The summed E-state index contributed by atoms with van der Waals surface area (Å²) in [5.74, 6) is 1.22. The molecule has 1 saturated heterocycles. The minimum absolute atomic E-state index is 0.0742. The summed E-state index contributed by atoms with van der Waals surface area (Å²) in [6.45, 7) is 3.29. The monoisotopic (exact) mass is 335 g/mol. The lowest BCUT2D eigenvalue weighted by Crippen LogP contribution is -2.44. The minimum Gasteiger partial charge on any atom is -0.484 e. The zero-order chi connectivity index (χ0) is 16.9. The van der Waals surface area contributed by atoms with Crippen molar-refractivity contribution in [1.82, 2.24) is 4.90 Å². The Labute approximate surface area is 140 Å². The summed E-state index contributed by atoms with van der Waals surface area (Å²) in [4.78, 5) is 25.8. The number of likely N-dealkylation sites (tertiary alicyclic amines) is 1. The minimum atomic E-state index is -0.242. The number of carbonyl (C=O) groups is 2. The van der Waals surface area contributed by atoms with Gasteiger partial charge in [-0.25, -0.2) is 0 Å². The van der Waals surface area contributed by atoms with Crippen LogP contribution in [0.4, 0.5) is 0 Å². The van der Waals surface area contributed by atoms with Gasteiger partial charge in [0.25, 0.3) is 5.91 Å². The predicted molar refractivity (Wildman–Crippen MR) is 84.0 cm³/mol. The molecular formula is C17H21NO6. The van der Waals surface area contributed by atoms with Crippen molar-refractivity contribution in [3.05, 3.63) is 18.2 Å². The van der Waals surface area contributed by atoms with E-state index in [1.165, 1.54) is 0 Å². The van der Waals surface area contributed by atoms with Crippen LogP contribution in [0.15, 0.2) is 18.2 Å². The number of esters is 1. The third kappa shape index (κ3) is 3.72. The van der Waals surface area contributed by atoms with Crippen LogP contribution in [0.25, 0.3) is 0 Å². The van der Waals surface area contributed by atoms with Gasteiger partial charge in [0.05, 0.1) is 12.5 Å². The summed E-state index contributed by atoms with van der Waals surface area (Å²) >= 11 is 0. The van der Waals surface area contributed by atoms with E-state index in [-0.39, 0.29) is 31.2 Å². The molecule has 2 aliphatic rings. The molecule has 0 N–H and O–H groups in total. The van der Waals surface area contributed by atoms with Crippen LogP contribution in [0.1, 0.15) is 19.8 Å². The number of hydrogen-bond donors (Lipinski definition) is 0. The van der Waals surface area contributed by atoms with Crippen molar-refractivity contribution in [1.29, 1.82) is 0 Å². The molecule has 1 fully saturated rings. The van der Waals surface area contributed by atoms with Crippen LogP contribution in [0, 0.1) is 5.92 Å². The first-order valence-electron chi connectivity index (χ1n) is 8.14. The molecule has 3 rings (SSSR count). The van der Waals surface area contributed by atoms with Gasteiger partial charge in [0.1, 0.15) is 5.75 Å². The molecule has 1 aromatic carbocycles. The van der Waals surface area contributed by atoms with Gasteiger partial charge in [0.15, 0.2) is 18.1 Å². The van der Waals surface area contributed by atoms with Gasteiger partial charge in [-0.1, -0.05) is 0 Å². The zero-order valence-corrected chi connectivity index (χ0v) is 13.7. The number of benzene rings is 1. The topological polar surface area (TPSA) is 74.3 Å². The number of hydrogen-bond acceptors (Lipinski definition) is 6. The summed E-state index contributed by atoms with van der Waals surface area (Å²) in [5, 5.41) is 0. The van der Waals surface area contributed by atoms with Gasteiger partial charge < -0.3 is 23.8 Å². The maximum Gasteiger partial charge on any atom is 0.310 e. The molecule has 7 nitrogen and oxygen atoms in total. The van der Waals surface area contributed by atoms with Gasteiger partial charge in [0.2, 0.25) is 6.79 Å². The average molecular weight is 335 g/mol. The first kappa shape index (κ1) is 16.4. The smallest absolute Gasteiger partial charge is 0.310 e. The maximum absolute atomic E-state index is 12.3. The molecule has 1 aromatic rings. The Morgan fingerprint density at radius 2 is 2.12 bits per heavy atom. The molecule has 1 unspecified atom stereocenters. The fraction of sp³-hybridized carbons (Fsp3) is 0.529. The highest BCUT2D eigenvalue weighted by Gasteiger charge is 2.29. The molecule has 130 valence electrons. The summed E-state index contributed by atoms with van der Waals surface area (Å²) in [6, 6.07) is 5.19. The predicted octanol–water partition coefficient (Wildman–Crippen LogP) is 1.60. The Morgan fingerprint density at radius 1 is 1.29 bits per heavy atom. The summed E-state index contributed by atoms with van der Waals surface area (Å²) in [7, 11) is 0. The van der Waals surface area contributed by atoms with E-state index in [9.17, 15) is 9.59 Å². The molecular weight excluding hydrogens is 314 g/mol. The molecule has 1 atom stereocenters. The van der Waals surface area contributed by atoms with E-state index in [4.69, 9.17) is 18.9 Å². The van der Waals surface area contributed by atoms with E-state index in [0.29, 0.717) is 36.9 Å². The fourth-order valence-electron chi connectivity index (χ4n) is 2.86. The van der Waals surface area contributed by atoms with Gasteiger partial charge in [-0.3, -0.25) is 9.59 Å². The van der Waals surface area contributed by atoms with Gasteiger partial charge in [-0.2, -0.15) is 0 Å². The van der Waals surface area contributed by atoms with E-state index < -0.39 is 0 Å². The summed E-state index contributed by atoms with van der Waals surface area (Å²) in [6.07, 6.45) is 1.55. The second-order valence-electron chi connectivity index (χ2n) is 5.73. The summed E-state index contributed by atoms with van der Waals surface area (Å²) < 4.78 is 21.1. The maximum atomic E-state index is 12.3. The SMILES string of the molecule is CCOC(=O)C1CCCN(C(=O)COc2ccc3c(c2)OCO3)C1. The van der Waals surface area contributed by atoms with E-state index in [0.717, 1.165) is 12.8 Å². The lowest BCUT2D eigenvalue weighted by Gasteiger charge is -2.31. The number of piperidine rings is 1. The molecule has 0 bridgehead atoms. The average Bonchev–Trinajstić information content (AvgIpc) is 3.07. The van der Waals surface area contributed by atoms with E-state index in [2.05, 4.69) is 0 Å². The fourth-order valence-corrected chi connectivity index (χ4v) is 2.86. The quantitative estimate of drug-likeness (QED) is 0.761. The number of ether oxygens (including phenoxy) is 4. The molecule has 0 aliphatic carbocycles. The van der Waals surface area contributed by atoms with Crippen LogP contribution >= 0.6 is 0 Å². The number of rotatable bonds is 5. The molecule has 2 aliphatic heterocycles. The standard InChI is InChI=1S/C17H21NO6/c1-2-21-17(20)12-4-3-7-18(9-12)16(19)10-22-13-5-6-14-15(8-13)24-11-23-14/h5-6,8,12H,2-4,7,9-11H2,1H3. The van der Waals surface area contributed by atoms with Gasteiger partial charge in [0, 0.05) is 19.2 Å². The van der Waals surface area contributed by atoms with Crippen LogP contribution < -0.4 is 14.2 Å². The molecule has 0 saturated carbocycles. The number of carbonyl (C=O) groups excluding carboxylic acids is 2. The first-order valence-corrected chi connectivity index (χ1v) is 8.14. The lowest BCUT2D eigenvalue weighted by atomic mass is 9.98. The van der Waals surface area contributed by atoms with Gasteiger partial charge in [-0.05, 0) is 31.9 Å². The van der Waals surface area contributed by atoms with Crippen molar-refractivity contribution in [3.63, 3.8) is 0 Å². The Morgan fingerprint density at radius 3 is 2.96 bits per heavy atom. The molecule has 0 radical (unpaired) electrons. The molecule has 7 heteroatoms.